The number of fused-ring (bicyclic) bond motifs is 2. The van der Waals surface area contributed by atoms with Crippen molar-refractivity contribution in [3.8, 4) is 5.75 Å². The number of benzene rings is 2. The number of esters is 1. The molecule has 7 atom stereocenters. The number of carbonyl (C=O) groups excluding carboxylic acids is 4. The normalized spacial score (nSPS) is 23.4. The highest BCUT2D eigenvalue weighted by Gasteiger charge is 2.48. The molecule has 2 aromatic carbocycles. The first-order chi connectivity index (χ1) is 30.0. The summed E-state index contributed by atoms with van der Waals surface area (Å²) in [5.74, 6) is -2.53. The van der Waals surface area contributed by atoms with Gasteiger partial charge < -0.3 is 34.0 Å². The van der Waals surface area contributed by atoms with Crippen molar-refractivity contribution in [2.75, 3.05) is 44.9 Å². The third-order valence-corrected chi connectivity index (χ3v) is 15.5. The molecular formula is C44H53FN7O8PS. The van der Waals surface area contributed by atoms with Crippen LogP contribution in [0.5, 0.6) is 5.75 Å². The Kier molecular flexibility index (Phi) is 13.2. The van der Waals surface area contributed by atoms with Crippen LogP contribution in [0.1, 0.15) is 91.4 Å². The molecule has 15 nitrogen and oxygen atoms in total. The van der Waals surface area contributed by atoms with Crippen molar-refractivity contribution in [2.45, 2.75) is 101 Å². The highest BCUT2D eigenvalue weighted by molar-refractivity contribution is 7.57. The van der Waals surface area contributed by atoms with E-state index in [-0.39, 0.29) is 47.7 Å². The lowest BCUT2D eigenvalue weighted by molar-refractivity contribution is -0.148. The Hall–Kier alpha value is -4.96. The summed E-state index contributed by atoms with van der Waals surface area (Å²) in [6.07, 6.45) is 8.21. The predicted octanol–water partition coefficient (Wildman–Crippen LogP) is 6.36. The number of thiophene rings is 1. The van der Waals surface area contributed by atoms with Gasteiger partial charge in [0.2, 0.25) is 17.7 Å². The molecule has 0 saturated carbocycles. The number of ether oxygens (including phenoxy) is 2. The van der Waals surface area contributed by atoms with Gasteiger partial charge in [0.1, 0.15) is 36.0 Å². The summed E-state index contributed by atoms with van der Waals surface area (Å²) in [7, 11) is -2.75. The monoisotopic (exact) mass is 889 g/mol. The van der Waals surface area contributed by atoms with Crippen LogP contribution in [-0.4, -0.2) is 114 Å². The van der Waals surface area contributed by atoms with E-state index in [0.717, 1.165) is 37.2 Å². The molecular weight excluding hydrogens is 837 g/mol. The number of para-hydroxylation sites is 1. The number of hydrogen-bond donors (Lipinski definition) is 2. The summed E-state index contributed by atoms with van der Waals surface area (Å²) in [5, 5.41) is 6.07. The van der Waals surface area contributed by atoms with Gasteiger partial charge in [-0.3, -0.25) is 23.7 Å². The lowest BCUT2D eigenvalue weighted by Crippen LogP contribution is -2.59. The molecule has 3 amide bonds. The fourth-order valence-electron chi connectivity index (χ4n) is 8.92. The number of carbonyl (C=O) groups is 4. The Balaban J connectivity index is 0.930. The molecule has 62 heavy (non-hydrogen) atoms. The maximum atomic E-state index is 16.5. The zero-order valence-corrected chi connectivity index (χ0v) is 36.8. The largest absolute Gasteiger partial charge is 0.465 e. The molecule has 0 bridgehead atoms. The molecule has 2 aromatic heterocycles. The molecule has 330 valence electrons. The molecule has 1 unspecified atom stereocenters. The maximum absolute atomic E-state index is 16.5. The fraction of sp³-hybridized carbons (Fsp3) is 0.500. The molecule has 0 spiro atoms. The molecule has 4 saturated heterocycles. The van der Waals surface area contributed by atoms with Crippen LogP contribution in [-0.2, 0) is 28.4 Å². The van der Waals surface area contributed by atoms with Crippen LogP contribution in [0.2, 0.25) is 0 Å². The molecule has 4 fully saturated rings. The Morgan fingerprint density at radius 2 is 1.85 bits per heavy atom. The minimum absolute atomic E-state index is 0.0239. The van der Waals surface area contributed by atoms with Gasteiger partial charge in [0.25, 0.3) is 5.91 Å². The first kappa shape index (κ1) is 43.7. The average molecular weight is 890 g/mol. The van der Waals surface area contributed by atoms with E-state index in [4.69, 9.17) is 14.0 Å². The number of likely N-dealkylation sites (tertiary alicyclic amines) is 1. The topological polar surface area (TPSA) is 173 Å². The summed E-state index contributed by atoms with van der Waals surface area (Å²) < 4.78 is 47.9. The second kappa shape index (κ2) is 18.8. The quantitative estimate of drug-likeness (QED) is 0.0945. The summed E-state index contributed by atoms with van der Waals surface area (Å²) in [6.45, 7) is 5.98. The van der Waals surface area contributed by atoms with Crippen molar-refractivity contribution in [1.82, 2.24) is 30.2 Å². The van der Waals surface area contributed by atoms with Crippen molar-refractivity contribution in [2.24, 2.45) is 0 Å². The Bertz CT molecular complexity index is 2330. The van der Waals surface area contributed by atoms with E-state index in [1.54, 1.807) is 60.8 Å². The Labute approximate surface area is 364 Å². The number of rotatable bonds is 16. The van der Waals surface area contributed by atoms with E-state index < -0.39 is 43.4 Å². The van der Waals surface area contributed by atoms with Gasteiger partial charge >= 0.3 is 13.5 Å². The van der Waals surface area contributed by atoms with Crippen molar-refractivity contribution in [3.63, 3.8) is 0 Å². The summed E-state index contributed by atoms with van der Waals surface area (Å²) >= 11 is 1.19. The van der Waals surface area contributed by atoms with Gasteiger partial charge in [0, 0.05) is 55.2 Å². The minimum atomic E-state index is -4.45. The van der Waals surface area contributed by atoms with Gasteiger partial charge in [-0.05, 0) is 93.2 Å². The molecule has 0 aliphatic carbocycles. The van der Waals surface area contributed by atoms with E-state index in [9.17, 15) is 23.7 Å². The molecule has 6 heterocycles. The number of anilines is 1. The van der Waals surface area contributed by atoms with Crippen molar-refractivity contribution >= 4 is 58.5 Å². The van der Waals surface area contributed by atoms with Crippen LogP contribution in [0.3, 0.4) is 0 Å². The zero-order chi connectivity index (χ0) is 43.5. The second-order valence-corrected chi connectivity index (χ2v) is 19.7. The molecule has 8 rings (SSSR count). The lowest BCUT2D eigenvalue weighted by Gasteiger charge is -2.46. The van der Waals surface area contributed by atoms with Crippen LogP contribution in [0, 0.1) is 0 Å². The highest BCUT2D eigenvalue weighted by Crippen LogP contribution is 2.58. The highest BCUT2D eigenvalue weighted by atomic mass is 32.1. The summed E-state index contributed by atoms with van der Waals surface area (Å²) in [6, 6.07) is 12.0. The van der Waals surface area contributed by atoms with Crippen LogP contribution in [0.4, 0.5) is 10.2 Å². The Morgan fingerprint density at radius 1 is 1.05 bits per heavy atom. The number of hydrogen-bond acceptors (Lipinski definition) is 12. The molecule has 2 N–H and O–H groups in total. The predicted molar refractivity (Wildman–Crippen MR) is 232 cm³/mol. The smallest absolute Gasteiger partial charge is 0.355 e. The third-order valence-electron chi connectivity index (χ3n) is 12.3. The number of aromatic nitrogens is 2. The summed E-state index contributed by atoms with van der Waals surface area (Å²) in [4.78, 5) is 69.7. The van der Waals surface area contributed by atoms with Gasteiger partial charge in [0.15, 0.2) is 0 Å². The van der Waals surface area contributed by atoms with E-state index in [1.165, 1.54) is 30.4 Å². The first-order valence-electron chi connectivity index (χ1n) is 21.4. The summed E-state index contributed by atoms with van der Waals surface area (Å²) in [5.41, 5.74) is 1.04. The molecule has 4 aliphatic heterocycles. The minimum Gasteiger partial charge on any atom is -0.465 e. The van der Waals surface area contributed by atoms with Crippen molar-refractivity contribution in [3.05, 3.63) is 83.1 Å². The van der Waals surface area contributed by atoms with Gasteiger partial charge in [-0.25, -0.2) is 19.4 Å². The van der Waals surface area contributed by atoms with Crippen LogP contribution in [0.15, 0.2) is 67.1 Å². The van der Waals surface area contributed by atoms with E-state index in [0.29, 0.717) is 60.3 Å². The van der Waals surface area contributed by atoms with Gasteiger partial charge in [-0.1, -0.05) is 31.2 Å². The number of nitrogens with one attached hydrogen (secondary N) is 2. The van der Waals surface area contributed by atoms with E-state index >= 15 is 4.39 Å². The van der Waals surface area contributed by atoms with Crippen LogP contribution >= 0.6 is 18.9 Å². The first-order valence-corrected chi connectivity index (χ1v) is 23.9. The average Bonchev–Trinajstić information content (AvgIpc) is 3.84. The number of nitrogens with zero attached hydrogens (tertiary/aromatic N) is 5. The standard InChI is InChI=1S/C44H53FN7O8PS/c1-4-19-59-44(56)27(2)49-61(57,60-33-10-6-5-7-11-33)39(45)28-13-16-37-29(20-28)21-38(62-37)41(53)48-35-12-8-9-31-14-15-36(52(31)42(35)54)43(55)50-23-30(24-50)34-22-46-26-47-40(34)51-18-17-32(51)25-58-3/h5-7,10-11,13,16,20-22,26-27,30-32,35-36,39H,4,8-9,12,14-15,17-19,23-25H2,1-3H3,(H,48,53)(H,49,57)/t27-,31-,32-,35-,36-,39-,61?/m0/s1. The van der Waals surface area contributed by atoms with Crippen LogP contribution < -0.4 is 19.8 Å². The number of halogens is 1. The van der Waals surface area contributed by atoms with Gasteiger partial charge in [0.05, 0.1) is 24.1 Å². The van der Waals surface area contributed by atoms with Crippen LogP contribution in [0.25, 0.3) is 10.1 Å². The van der Waals surface area contributed by atoms with Crippen molar-refractivity contribution in [1.29, 1.82) is 0 Å². The molecule has 4 aromatic rings. The van der Waals surface area contributed by atoms with Gasteiger partial charge in [-0.15, -0.1) is 11.3 Å². The maximum Gasteiger partial charge on any atom is 0.355 e. The number of methoxy groups -OCH3 is 1. The number of amides is 3. The second-order valence-electron chi connectivity index (χ2n) is 16.5. The molecule has 18 heteroatoms. The molecule has 0 radical (unpaired) electrons. The molecule has 4 aliphatic rings. The van der Waals surface area contributed by atoms with Crippen molar-refractivity contribution < 1.29 is 42.1 Å². The van der Waals surface area contributed by atoms with E-state index in [1.807, 2.05) is 18.0 Å². The Morgan fingerprint density at radius 3 is 2.60 bits per heavy atom. The van der Waals surface area contributed by atoms with E-state index in [2.05, 4.69) is 25.3 Å². The SMILES string of the molecule is CCCOC(=O)[C@H](C)NP(=O)(Oc1ccccc1)[C@H](F)c1ccc2sc(C(=O)N[C@H]3CCC[C@H]4CC[C@@H](C(=O)N5CC(c6cncnc6N6CC[C@H]6COC)C5)N4C3=O)cc2c1. The number of alkyl halides is 1. The fourth-order valence-corrected chi connectivity index (χ4v) is 11.8. The van der Waals surface area contributed by atoms with Gasteiger partial charge in [-0.2, -0.15) is 0 Å². The lowest BCUT2D eigenvalue weighted by atomic mass is 9.90. The zero-order valence-electron chi connectivity index (χ0n) is 35.1. The third kappa shape index (κ3) is 8.95.